The maximum Gasteiger partial charge on any atom is 0.220 e. The molecule has 0 radical (unpaired) electrons. The maximum atomic E-state index is 11.8. The van der Waals surface area contributed by atoms with Gasteiger partial charge in [0.15, 0.2) is 0 Å². The summed E-state index contributed by atoms with van der Waals surface area (Å²) in [4.78, 5) is 11.8. The smallest absolute Gasteiger partial charge is 0.220 e. The second kappa shape index (κ2) is 7.93. The van der Waals surface area contributed by atoms with Gasteiger partial charge in [-0.25, -0.2) is 0 Å². The van der Waals surface area contributed by atoms with Crippen LogP contribution in [0.1, 0.15) is 50.5 Å². The Labute approximate surface area is 121 Å². The summed E-state index contributed by atoms with van der Waals surface area (Å²) in [5, 5.41) is 3.04. The zero-order valence-corrected chi connectivity index (χ0v) is 12.2. The molecule has 0 spiro atoms. The monoisotopic (exact) mass is 274 g/mol. The topological polar surface area (TPSA) is 55.1 Å². The molecule has 3 nitrogen and oxygen atoms in total. The summed E-state index contributed by atoms with van der Waals surface area (Å²) in [6.45, 7) is 0.834. The van der Waals surface area contributed by atoms with Gasteiger partial charge in [-0.15, -0.1) is 0 Å². The molecule has 1 aromatic carbocycles. The first-order valence-electron chi connectivity index (χ1n) is 7.85. The van der Waals surface area contributed by atoms with E-state index in [1.165, 1.54) is 32.1 Å². The zero-order valence-electron chi connectivity index (χ0n) is 12.2. The summed E-state index contributed by atoms with van der Waals surface area (Å²) in [6.07, 6.45) is 9.28. The molecule has 1 saturated carbocycles. The quantitative estimate of drug-likeness (QED) is 0.782. The van der Waals surface area contributed by atoms with Gasteiger partial charge < -0.3 is 11.1 Å². The summed E-state index contributed by atoms with van der Waals surface area (Å²) in [5.41, 5.74) is 7.62. The number of benzene rings is 1. The van der Waals surface area contributed by atoms with E-state index in [0.717, 1.165) is 36.6 Å². The summed E-state index contributed by atoms with van der Waals surface area (Å²) >= 11 is 0. The van der Waals surface area contributed by atoms with Gasteiger partial charge >= 0.3 is 0 Å². The first-order chi connectivity index (χ1) is 9.74. The van der Waals surface area contributed by atoms with E-state index in [0.29, 0.717) is 6.42 Å². The summed E-state index contributed by atoms with van der Waals surface area (Å²) in [6, 6.07) is 7.76. The highest BCUT2D eigenvalue weighted by atomic mass is 16.1. The van der Waals surface area contributed by atoms with Crippen LogP contribution in [0.15, 0.2) is 24.3 Å². The second-order valence-electron chi connectivity index (χ2n) is 5.89. The van der Waals surface area contributed by atoms with Crippen LogP contribution in [-0.2, 0) is 11.2 Å². The maximum absolute atomic E-state index is 11.8. The Balaban J connectivity index is 1.60. The lowest BCUT2D eigenvalue weighted by Crippen LogP contribution is -2.26. The van der Waals surface area contributed by atoms with E-state index in [1.54, 1.807) is 0 Å². The van der Waals surface area contributed by atoms with Crippen molar-refractivity contribution in [1.29, 1.82) is 0 Å². The number of aryl methyl sites for hydroxylation is 1. The van der Waals surface area contributed by atoms with Gasteiger partial charge in [0.1, 0.15) is 0 Å². The molecule has 0 unspecified atom stereocenters. The molecule has 0 bridgehead atoms. The fraction of sp³-hybridized carbons (Fsp3) is 0.588. The van der Waals surface area contributed by atoms with Gasteiger partial charge in [0.25, 0.3) is 0 Å². The van der Waals surface area contributed by atoms with Gasteiger partial charge in [0.2, 0.25) is 5.91 Å². The number of rotatable bonds is 6. The molecule has 0 atom stereocenters. The third-order valence-corrected chi connectivity index (χ3v) is 4.19. The number of anilines is 1. The SMILES string of the molecule is Nc1cccc(CCC(=O)NCCC2CCCCC2)c1. The number of amides is 1. The molecule has 1 aliphatic carbocycles. The lowest BCUT2D eigenvalue weighted by atomic mass is 9.87. The highest BCUT2D eigenvalue weighted by Crippen LogP contribution is 2.25. The van der Waals surface area contributed by atoms with Crippen LogP contribution in [0.3, 0.4) is 0 Å². The first-order valence-corrected chi connectivity index (χ1v) is 7.85. The van der Waals surface area contributed by atoms with Crippen molar-refractivity contribution in [3.63, 3.8) is 0 Å². The van der Waals surface area contributed by atoms with Crippen molar-refractivity contribution in [2.45, 2.75) is 51.4 Å². The molecule has 20 heavy (non-hydrogen) atoms. The van der Waals surface area contributed by atoms with Crippen LogP contribution in [0.25, 0.3) is 0 Å². The first kappa shape index (κ1) is 14.9. The molecular formula is C17H26N2O. The number of hydrogen-bond acceptors (Lipinski definition) is 2. The van der Waals surface area contributed by atoms with Gasteiger partial charge in [0.05, 0.1) is 0 Å². The molecule has 0 saturated heterocycles. The summed E-state index contributed by atoms with van der Waals surface area (Å²) in [5.74, 6) is 0.987. The molecule has 3 heteroatoms. The van der Waals surface area contributed by atoms with E-state index in [1.807, 2.05) is 24.3 Å². The minimum atomic E-state index is 0.156. The Kier molecular flexibility index (Phi) is 5.90. The van der Waals surface area contributed by atoms with E-state index in [-0.39, 0.29) is 5.91 Å². The average molecular weight is 274 g/mol. The van der Waals surface area contributed by atoms with Gasteiger partial charge in [-0.2, -0.15) is 0 Å². The highest BCUT2D eigenvalue weighted by molar-refractivity contribution is 5.76. The minimum absolute atomic E-state index is 0.156. The van der Waals surface area contributed by atoms with Crippen LogP contribution < -0.4 is 11.1 Å². The third-order valence-electron chi connectivity index (χ3n) is 4.19. The van der Waals surface area contributed by atoms with E-state index in [2.05, 4.69) is 5.32 Å². The summed E-state index contributed by atoms with van der Waals surface area (Å²) in [7, 11) is 0. The molecule has 3 N–H and O–H groups in total. The predicted octanol–water partition coefficient (Wildman–Crippen LogP) is 3.29. The molecule has 0 aliphatic heterocycles. The molecule has 110 valence electrons. The second-order valence-corrected chi connectivity index (χ2v) is 5.89. The molecule has 1 amide bonds. The average Bonchev–Trinajstić information content (AvgIpc) is 2.46. The van der Waals surface area contributed by atoms with Crippen molar-refractivity contribution >= 4 is 11.6 Å². The molecule has 1 aliphatic rings. The van der Waals surface area contributed by atoms with Crippen molar-refractivity contribution < 1.29 is 4.79 Å². The number of carbonyl (C=O) groups excluding carboxylic acids is 1. The van der Waals surface area contributed by atoms with Crippen LogP contribution in [0.2, 0.25) is 0 Å². The number of nitrogen functional groups attached to an aromatic ring is 1. The van der Waals surface area contributed by atoms with Crippen LogP contribution in [-0.4, -0.2) is 12.5 Å². The van der Waals surface area contributed by atoms with Crippen molar-refractivity contribution in [3.8, 4) is 0 Å². The fourth-order valence-electron chi connectivity index (χ4n) is 2.99. The predicted molar refractivity (Wildman–Crippen MR) is 83.4 cm³/mol. The Hall–Kier alpha value is -1.51. The lowest BCUT2D eigenvalue weighted by molar-refractivity contribution is -0.121. The Bertz CT molecular complexity index is 425. The number of nitrogens with one attached hydrogen (secondary N) is 1. The number of nitrogens with two attached hydrogens (primary N) is 1. The number of carbonyl (C=O) groups is 1. The normalized spacial score (nSPS) is 16.0. The van der Waals surface area contributed by atoms with Crippen molar-refractivity contribution in [2.75, 3.05) is 12.3 Å². The Morgan fingerprint density at radius 3 is 2.80 bits per heavy atom. The van der Waals surface area contributed by atoms with E-state index in [9.17, 15) is 4.79 Å². The van der Waals surface area contributed by atoms with E-state index in [4.69, 9.17) is 5.73 Å². The van der Waals surface area contributed by atoms with Crippen molar-refractivity contribution in [1.82, 2.24) is 5.32 Å². The molecular weight excluding hydrogens is 248 g/mol. The van der Waals surface area contributed by atoms with Crippen LogP contribution >= 0.6 is 0 Å². The van der Waals surface area contributed by atoms with Gasteiger partial charge in [-0.3, -0.25) is 4.79 Å². The molecule has 2 rings (SSSR count). The van der Waals surface area contributed by atoms with Crippen molar-refractivity contribution in [2.24, 2.45) is 5.92 Å². The molecule has 0 heterocycles. The molecule has 0 aromatic heterocycles. The van der Waals surface area contributed by atoms with E-state index >= 15 is 0 Å². The number of hydrogen-bond donors (Lipinski definition) is 2. The van der Waals surface area contributed by atoms with Gasteiger partial charge in [-0.1, -0.05) is 44.2 Å². The lowest BCUT2D eigenvalue weighted by Gasteiger charge is -2.21. The summed E-state index contributed by atoms with van der Waals surface area (Å²) < 4.78 is 0. The van der Waals surface area contributed by atoms with E-state index < -0.39 is 0 Å². The third kappa shape index (κ3) is 5.24. The van der Waals surface area contributed by atoms with Crippen molar-refractivity contribution in [3.05, 3.63) is 29.8 Å². The van der Waals surface area contributed by atoms with Gasteiger partial charge in [0, 0.05) is 18.7 Å². The van der Waals surface area contributed by atoms with Crippen LogP contribution in [0, 0.1) is 5.92 Å². The van der Waals surface area contributed by atoms with Crippen LogP contribution in [0.5, 0.6) is 0 Å². The Morgan fingerprint density at radius 2 is 2.05 bits per heavy atom. The zero-order chi connectivity index (χ0) is 14.2. The van der Waals surface area contributed by atoms with Gasteiger partial charge in [-0.05, 0) is 36.5 Å². The largest absolute Gasteiger partial charge is 0.399 e. The highest BCUT2D eigenvalue weighted by Gasteiger charge is 2.13. The molecule has 1 fully saturated rings. The fourth-order valence-corrected chi connectivity index (χ4v) is 2.99. The minimum Gasteiger partial charge on any atom is -0.399 e. The van der Waals surface area contributed by atoms with Crippen LogP contribution in [0.4, 0.5) is 5.69 Å². The molecule has 1 aromatic rings. The standard InChI is InChI=1S/C17H26N2O/c18-16-8-4-7-15(13-16)9-10-17(20)19-12-11-14-5-2-1-3-6-14/h4,7-8,13-14H,1-3,5-6,9-12,18H2,(H,19,20). The Morgan fingerprint density at radius 1 is 1.25 bits per heavy atom.